The van der Waals surface area contributed by atoms with E-state index in [-0.39, 0.29) is 0 Å². The number of aliphatic hydroxyl groups excluding tert-OH is 1. The van der Waals surface area contributed by atoms with E-state index in [1.54, 1.807) is 0 Å². The molecule has 0 amide bonds. The minimum Gasteiger partial charge on any atom is -0.396 e. The van der Waals surface area contributed by atoms with Crippen LogP contribution >= 0.6 is 0 Å². The van der Waals surface area contributed by atoms with Crippen molar-refractivity contribution in [3.63, 3.8) is 0 Å². The van der Waals surface area contributed by atoms with E-state index in [1.807, 2.05) is 0 Å². The van der Waals surface area contributed by atoms with Gasteiger partial charge in [-0.05, 0) is 37.8 Å². The number of nitrogens with one attached hydrogen (secondary N) is 1. The zero-order valence-corrected chi connectivity index (χ0v) is 7.34. The van der Waals surface area contributed by atoms with Gasteiger partial charge < -0.3 is 10.4 Å². The molecule has 2 unspecified atom stereocenters. The molecule has 0 saturated carbocycles. The third-order valence-electron chi connectivity index (χ3n) is 2.79. The van der Waals surface area contributed by atoms with Crippen molar-refractivity contribution in [2.24, 2.45) is 11.8 Å². The molecule has 2 atom stereocenters. The first-order valence-corrected chi connectivity index (χ1v) is 4.70. The number of rotatable bonds is 4. The predicted octanol–water partition coefficient (Wildman–Crippen LogP) is 1.00. The van der Waals surface area contributed by atoms with Crippen LogP contribution in [0, 0.1) is 11.8 Å². The molecule has 0 radical (unpaired) electrons. The fourth-order valence-electron chi connectivity index (χ4n) is 2.02. The van der Waals surface area contributed by atoms with Gasteiger partial charge in [-0.1, -0.05) is 13.3 Å². The summed E-state index contributed by atoms with van der Waals surface area (Å²) in [7, 11) is 0. The third kappa shape index (κ3) is 2.46. The Kier molecular flexibility index (Phi) is 3.87. The Morgan fingerprint density at radius 3 is 2.91 bits per heavy atom. The smallest absolute Gasteiger partial charge is 0.0433 e. The summed E-state index contributed by atoms with van der Waals surface area (Å²) >= 11 is 0. The number of aliphatic hydroxyl groups is 1. The minimum absolute atomic E-state index is 0.356. The Hall–Kier alpha value is -0.0800. The van der Waals surface area contributed by atoms with Gasteiger partial charge in [-0.3, -0.25) is 0 Å². The lowest BCUT2D eigenvalue weighted by molar-refractivity contribution is 0.221. The van der Waals surface area contributed by atoms with E-state index >= 15 is 0 Å². The Bertz CT molecular complexity index is 99.7. The summed E-state index contributed by atoms with van der Waals surface area (Å²) in [6.07, 6.45) is 3.51. The van der Waals surface area contributed by atoms with Crippen molar-refractivity contribution >= 4 is 0 Å². The van der Waals surface area contributed by atoms with E-state index in [0.717, 1.165) is 18.3 Å². The van der Waals surface area contributed by atoms with Gasteiger partial charge in [0, 0.05) is 6.61 Å². The topological polar surface area (TPSA) is 32.3 Å². The van der Waals surface area contributed by atoms with Crippen LogP contribution < -0.4 is 5.32 Å². The Morgan fingerprint density at radius 2 is 2.45 bits per heavy atom. The zero-order valence-electron chi connectivity index (χ0n) is 7.34. The maximum atomic E-state index is 8.81. The molecule has 0 bridgehead atoms. The second-order valence-corrected chi connectivity index (χ2v) is 3.43. The summed E-state index contributed by atoms with van der Waals surface area (Å²) < 4.78 is 0. The Morgan fingerprint density at radius 1 is 1.64 bits per heavy atom. The monoisotopic (exact) mass is 157 g/mol. The van der Waals surface area contributed by atoms with Gasteiger partial charge >= 0.3 is 0 Å². The molecule has 2 nitrogen and oxygen atoms in total. The standard InChI is InChI=1S/C9H19NO/c1-2-8(4-6-11)9-3-5-10-7-9/h8-11H,2-7H2,1H3. The van der Waals surface area contributed by atoms with E-state index in [2.05, 4.69) is 12.2 Å². The predicted molar refractivity (Wildman–Crippen MR) is 46.5 cm³/mol. The number of hydrogen-bond donors (Lipinski definition) is 2. The Labute approximate surface area is 69.0 Å². The summed E-state index contributed by atoms with van der Waals surface area (Å²) in [5.41, 5.74) is 0. The third-order valence-corrected chi connectivity index (χ3v) is 2.79. The quantitative estimate of drug-likeness (QED) is 0.638. The molecule has 0 aromatic rings. The van der Waals surface area contributed by atoms with Gasteiger partial charge in [-0.25, -0.2) is 0 Å². The van der Waals surface area contributed by atoms with Gasteiger partial charge in [0.25, 0.3) is 0 Å². The van der Waals surface area contributed by atoms with E-state index in [4.69, 9.17) is 5.11 Å². The van der Waals surface area contributed by atoms with Crippen LogP contribution in [0.3, 0.4) is 0 Å². The molecular weight excluding hydrogens is 138 g/mol. The highest BCUT2D eigenvalue weighted by Gasteiger charge is 2.22. The van der Waals surface area contributed by atoms with Crippen LogP contribution in [-0.2, 0) is 0 Å². The minimum atomic E-state index is 0.356. The van der Waals surface area contributed by atoms with Crippen molar-refractivity contribution in [1.82, 2.24) is 5.32 Å². The van der Waals surface area contributed by atoms with Gasteiger partial charge in [-0.15, -0.1) is 0 Å². The summed E-state index contributed by atoms with van der Waals surface area (Å²) in [5, 5.41) is 12.2. The van der Waals surface area contributed by atoms with Crippen LogP contribution in [0.4, 0.5) is 0 Å². The first-order chi connectivity index (χ1) is 5.38. The Balaban J connectivity index is 2.27. The molecular formula is C9H19NO. The highest BCUT2D eigenvalue weighted by molar-refractivity contribution is 4.77. The van der Waals surface area contributed by atoms with Crippen LogP contribution in [0.25, 0.3) is 0 Å². The highest BCUT2D eigenvalue weighted by Crippen LogP contribution is 2.24. The average Bonchev–Trinajstić information content (AvgIpc) is 2.52. The maximum Gasteiger partial charge on any atom is 0.0433 e. The first kappa shape index (κ1) is 9.01. The van der Waals surface area contributed by atoms with Gasteiger partial charge in [0.15, 0.2) is 0 Å². The molecule has 66 valence electrons. The number of hydrogen-bond acceptors (Lipinski definition) is 2. The molecule has 11 heavy (non-hydrogen) atoms. The van der Waals surface area contributed by atoms with Crippen molar-refractivity contribution < 1.29 is 5.11 Å². The molecule has 1 aliphatic heterocycles. The molecule has 0 aliphatic carbocycles. The molecule has 1 fully saturated rings. The fraction of sp³-hybridized carbons (Fsp3) is 1.00. The second-order valence-electron chi connectivity index (χ2n) is 3.43. The molecule has 0 aromatic heterocycles. The van der Waals surface area contributed by atoms with Crippen LogP contribution in [0.2, 0.25) is 0 Å². The van der Waals surface area contributed by atoms with Crippen molar-refractivity contribution in [3.8, 4) is 0 Å². The lowest BCUT2D eigenvalue weighted by atomic mass is 9.87. The highest BCUT2D eigenvalue weighted by atomic mass is 16.3. The molecule has 2 N–H and O–H groups in total. The summed E-state index contributed by atoms with van der Waals surface area (Å²) in [4.78, 5) is 0. The van der Waals surface area contributed by atoms with Crippen LogP contribution in [0.15, 0.2) is 0 Å². The average molecular weight is 157 g/mol. The summed E-state index contributed by atoms with van der Waals surface area (Å²) in [6, 6.07) is 0. The van der Waals surface area contributed by atoms with Crippen LogP contribution in [0.5, 0.6) is 0 Å². The largest absolute Gasteiger partial charge is 0.396 e. The fourth-order valence-corrected chi connectivity index (χ4v) is 2.02. The second kappa shape index (κ2) is 4.73. The molecule has 2 heteroatoms. The molecule has 1 rings (SSSR count). The van der Waals surface area contributed by atoms with Gasteiger partial charge in [-0.2, -0.15) is 0 Å². The zero-order chi connectivity index (χ0) is 8.10. The van der Waals surface area contributed by atoms with Gasteiger partial charge in [0.2, 0.25) is 0 Å². The SMILES string of the molecule is CCC(CCO)C1CCNC1. The van der Waals surface area contributed by atoms with Crippen molar-refractivity contribution in [2.45, 2.75) is 26.2 Å². The maximum absolute atomic E-state index is 8.81. The van der Waals surface area contributed by atoms with E-state index < -0.39 is 0 Å². The molecule has 1 heterocycles. The summed E-state index contributed by atoms with van der Waals surface area (Å²) in [6.45, 7) is 4.92. The normalized spacial score (nSPS) is 27.3. The van der Waals surface area contributed by atoms with Gasteiger partial charge in [0.05, 0.1) is 0 Å². The molecule has 0 spiro atoms. The van der Waals surface area contributed by atoms with Gasteiger partial charge in [0.1, 0.15) is 0 Å². The molecule has 1 aliphatic rings. The van der Waals surface area contributed by atoms with Crippen molar-refractivity contribution in [2.75, 3.05) is 19.7 Å². The van der Waals surface area contributed by atoms with E-state index in [1.165, 1.54) is 25.9 Å². The molecule has 1 saturated heterocycles. The lowest BCUT2D eigenvalue weighted by Crippen LogP contribution is -2.18. The van der Waals surface area contributed by atoms with Crippen molar-refractivity contribution in [3.05, 3.63) is 0 Å². The lowest BCUT2D eigenvalue weighted by Gasteiger charge is -2.19. The summed E-state index contributed by atoms with van der Waals surface area (Å²) in [5.74, 6) is 1.57. The van der Waals surface area contributed by atoms with Crippen molar-refractivity contribution in [1.29, 1.82) is 0 Å². The van der Waals surface area contributed by atoms with Crippen LogP contribution in [-0.4, -0.2) is 24.8 Å². The molecule has 0 aromatic carbocycles. The van der Waals surface area contributed by atoms with E-state index in [9.17, 15) is 0 Å². The first-order valence-electron chi connectivity index (χ1n) is 4.70. The van der Waals surface area contributed by atoms with Crippen LogP contribution in [0.1, 0.15) is 26.2 Å². The van der Waals surface area contributed by atoms with E-state index in [0.29, 0.717) is 6.61 Å².